The monoisotopic (exact) mass is 322 g/mol. The quantitative estimate of drug-likeness (QED) is 0.841. The fourth-order valence-corrected chi connectivity index (χ4v) is 4.33. The zero-order valence-electron chi connectivity index (χ0n) is 13.5. The van der Waals surface area contributed by atoms with Crippen molar-refractivity contribution >= 4 is 17.4 Å². The van der Waals surface area contributed by atoms with Gasteiger partial charge in [-0.15, -0.1) is 0 Å². The zero-order chi connectivity index (χ0) is 15.5. The highest BCUT2D eigenvalue weighted by Crippen LogP contribution is 2.33. The molecule has 22 heavy (non-hydrogen) atoms. The summed E-state index contributed by atoms with van der Waals surface area (Å²) >= 11 is 6.10. The van der Waals surface area contributed by atoms with Crippen molar-refractivity contribution in [2.75, 3.05) is 20.1 Å². The molecule has 0 spiro atoms. The molecule has 0 aromatic carbocycles. The van der Waals surface area contributed by atoms with Gasteiger partial charge in [-0.1, -0.05) is 36.9 Å². The highest BCUT2D eigenvalue weighted by atomic mass is 35.5. The Labute approximate surface area is 138 Å². The second-order valence-corrected chi connectivity index (χ2v) is 7.55. The Bertz CT molecular complexity index is 479. The van der Waals surface area contributed by atoms with E-state index >= 15 is 0 Å². The summed E-state index contributed by atoms with van der Waals surface area (Å²) in [6.07, 6.45) is 12.7. The normalized spacial score (nSPS) is 29.1. The van der Waals surface area contributed by atoms with Crippen molar-refractivity contribution in [3.63, 3.8) is 0 Å². The molecule has 0 saturated heterocycles. The molecule has 1 fully saturated rings. The van der Waals surface area contributed by atoms with Gasteiger partial charge in [-0.05, 0) is 50.8 Å². The minimum absolute atomic E-state index is 0.144. The Morgan fingerprint density at radius 1 is 1.32 bits per heavy atom. The number of fused-ring (bicyclic) bond motifs is 1. The van der Waals surface area contributed by atoms with Gasteiger partial charge in [0, 0.05) is 18.7 Å². The number of carbonyl (C=O) groups excluding carboxylic acids is 1. The Hall–Kier alpha value is -0.800. The summed E-state index contributed by atoms with van der Waals surface area (Å²) in [5.74, 6) is 1.33. The second-order valence-electron chi connectivity index (χ2n) is 7.14. The van der Waals surface area contributed by atoms with Gasteiger partial charge in [0.2, 0.25) is 0 Å². The average Bonchev–Trinajstić information content (AvgIpc) is 2.90. The summed E-state index contributed by atoms with van der Waals surface area (Å²) in [4.78, 5) is 15.0. The molecule has 3 rings (SSSR count). The lowest BCUT2D eigenvalue weighted by molar-refractivity contribution is -0.124. The summed E-state index contributed by atoms with van der Waals surface area (Å²) in [7, 11) is 2.20. The molecule has 1 N–H and O–H groups in total. The van der Waals surface area contributed by atoms with Crippen LogP contribution >= 0.6 is 11.6 Å². The molecule has 3 nitrogen and oxygen atoms in total. The van der Waals surface area contributed by atoms with Gasteiger partial charge in [-0.3, -0.25) is 4.79 Å². The van der Waals surface area contributed by atoms with E-state index < -0.39 is 0 Å². The molecule has 0 amide bonds. The van der Waals surface area contributed by atoms with Crippen LogP contribution in [0.3, 0.4) is 0 Å². The lowest BCUT2D eigenvalue weighted by Gasteiger charge is -2.29. The highest BCUT2D eigenvalue weighted by molar-refractivity contribution is 6.33. The van der Waals surface area contributed by atoms with E-state index in [1.54, 1.807) is 6.20 Å². The molecule has 4 heteroatoms. The molecule has 0 aromatic heterocycles. The standard InChI is InChI=1S/C18H27ClN2O/c1-21(12-13-5-3-2-4-6-13)10-9-14-7-8-15-16(19)11-20-17(15)18(14)22/h8,11,13-14,17,20H,2-7,9-10,12H2,1H3. The molecule has 0 aromatic rings. The van der Waals surface area contributed by atoms with Crippen LogP contribution in [0.2, 0.25) is 0 Å². The van der Waals surface area contributed by atoms with Crippen molar-refractivity contribution in [2.45, 2.75) is 51.0 Å². The number of ketones is 1. The van der Waals surface area contributed by atoms with Crippen molar-refractivity contribution in [3.05, 3.63) is 22.9 Å². The third kappa shape index (κ3) is 3.57. The van der Waals surface area contributed by atoms with E-state index in [4.69, 9.17) is 11.6 Å². The number of hydrogen-bond acceptors (Lipinski definition) is 3. The summed E-state index contributed by atoms with van der Waals surface area (Å²) < 4.78 is 0. The van der Waals surface area contributed by atoms with Crippen molar-refractivity contribution < 1.29 is 4.79 Å². The van der Waals surface area contributed by atoms with Crippen LogP contribution in [0.15, 0.2) is 22.9 Å². The van der Waals surface area contributed by atoms with E-state index in [2.05, 4.69) is 23.3 Å². The molecule has 0 bridgehead atoms. The third-order valence-electron chi connectivity index (χ3n) is 5.43. The van der Waals surface area contributed by atoms with Gasteiger partial charge in [0.1, 0.15) is 6.04 Å². The molecule has 1 saturated carbocycles. The predicted molar refractivity (Wildman–Crippen MR) is 90.7 cm³/mol. The number of carbonyl (C=O) groups is 1. The van der Waals surface area contributed by atoms with Crippen LogP contribution in [0.1, 0.15) is 44.9 Å². The summed E-state index contributed by atoms with van der Waals surface area (Å²) in [5, 5.41) is 3.82. The fourth-order valence-electron chi connectivity index (χ4n) is 4.08. The van der Waals surface area contributed by atoms with Crippen molar-refractivity contribution in [1.29, 1.82) is 0 Å². The van der Waals surface area contributed by atoms with Crippen LogP contribution in [0.4, 0.5) is 0 Å². The molecule has 1 aliphatic heterocycles. The van der Waals surface area contributed by atoms with E-state index in [-0.39, 0.29) is 12.0 Å². The molecule has 3 aliphatic rings. The maximum atomic E-state index is 12.5. The summed E-state index contributed by atoms with van der Waals surface area (Å²) in [6.45, 7) is 2.21. The summed E-state index contributed by atoms with van der Waals surface area (Å²) in [5.41, 5.74) is 0.985. The number of rotatable bonds is 5. The van der Waals surface area contributed by atoms with Crippen molar-refractivity contribution in [3.8, 4) is 0 Å². The smallest absolute Gasteiger partial charge is 0.163 e. The van der Waals surface area contributed by atoms with Crippen LogP contribution in [0.5, 0.6) is 0 Å². The van der Waals surface area contributed by atoms with E-state index in [9.17, 15) is 4.79 Å². The van der Waals surface area contributed by atoms with Gasteiger partial charge in [-0.2, -0.15) is 0 Å². The molecule has 1 heterocycles. The number of hydrogen-bond donors (Lipinski definition) is 1. The molecular weight excluding hydrogens is 296 g/mol. The first-order chi connectivity index (χ1) is 10.6. The minimum Gasteiger partial charge on any atom is -0.376 e. The van der Waals surface area contributed by atoms with Gasteiger partial charge in [0.05, 0.1) is 5.03 Å². The van der Waals surface area contributed by atoms with Crippen LogP contribution in [0.25, 0.3) is 0 Å². The van der Waals surface area contributed by atoms with Crippen molar-refractivity contribution in [2.24, 2.45) is 11.8 Å². The zero-order valence-corrected chi connectivity index (χ0v) is 14.2. The largest absolute Gasteiger partial charge is 0.376 e. The maximum absolute atomic E-state index is 12.5. The molecule has 2 atom stereocenters. The SMILES string of the molecule is CN(CCC1CC=C2C(Cl)=CNC2C1=O)CC1CCCCC1. The minimum atomic E-state index is -0.185. The Morgan fingerprint density at radius 2 is 2.09 bits per heavy atom. The predicted octanol–water partition coefficient (Wildman–Crippen LogP) is 3.46. The van der Waals surface area contributed by atoms with Crippen LogP contribution in [0, 0.1) is 11.8 Å². The maximum Gasteiger partial charge on any atom is 0.163 e. The Balaban J connectivity index is 1.46. The fraction of sp³-hybridized carbons (Fsp3) is 0.722. The van der Waals surface area contributed by atoms with Crippen LogP contribution in [-0.4, -0.2) is 36.9 Å². The summed E-state index contributed by atoms with van der Waals surface area (Å²) in [6, 6.07) is -0.185. The Morgan fingerprint density at radius 3 is 2.86 bits per heavy atom. The van der Waals surface area contributed by atoms with E-state index in [1.807, 2.05) is 0 Å². The number of nitrogens with one attached hydrogen (secondary N) is 1. The molecule has 0 radical (unpaired) electrons. The van der Waals surface area contributed by atoms with E-state index in [0.29, 0.717) is 10.8 Å². The highest BCUT2D eigenvalue weighted by Gasteiger charge is 2.36. The van der Waals surface area contributed by atoms with Crippen LogP contribution in [-0.2, 0) is 4.79 Å². The number of halogens is 1. The first-order valence-electron chi connectivity index (χ1n) is 8.69. The lowest BCUT2D eigenvalue weighted by Crippen LogP contribution is -2.40. The van der Waals surface area contributed by atoms with Crippen LogP contribution < -0.4 is 5.32 Å². The first-order valence-corrected chi connectivity index (χ1v) is 9.07. The van der Waals surface area contributed by atoms with E-state index in [1.165, 1.54) is 38.6 Å². The number of Topliss-reactive ketones (excluding diaryl/α,β-unsaturated/α-hetero) is 1. The molecule has 122 valence electrons. The molecule has 2 aliphatic carbocycles. The lowest BCUT2D eigenvalue weighted by atomic mass is 9.83. The Kier molecular flexibility index (Phi) is 5.25. The van der Waals surface area contributed by atoms with Gasteiger partial charge in [-0.25, -0.2) is 0 Å². The van der Waals surface area contributed by atoms with Gasteiger partial charge >= 0.3 is 0 Å². The van der Waals surface area contributed by atoms with Gasteiger partial charge < -0.3 is 10.2 Å². The van der Waals surface area contributed by atoms with E-state index in [0.717, 1.165) is 30.9 Å². The molecule has 2 unspecified atom stereocenters. The molecular formula is C18H27ClN2O. The van der Waals surface area contributed by atoms with Crippen molar-refractivity contribution in [1.82, 2.24) is 10.2 Å². The second kappa shape index (κ2) is 7.18. The van der Waals surface area contributed by atoms with Gasteiger partial charge in [0.15, 0.2) is 5.78 Å². The number of allylic oxidation sites excluding steroid dienone is 1. The average molecular weight is 323 g/mol. The third-order valence-corrected chi connectivity index (χ3v) is 5.75. The first kappa shape index (κ1) is 16.1. The number of nitrogens with zero attached hydrogens (tertiary/aromatic N) is 1. The topological polar surface area (TPSA) is 32.3 Å². The van der Waals surface area contributed by atoms with Gasteiger partial charge in [0.25, 0.3) is 0 Å².